The first-order valence-corrected chi connectivity index (χ1v) is 10.7. The molecule has 0 unspecified atom stereocenters. The molecule has 0 saturated carbocycles. The highest BCUT2D eigenvalue weighted by molar-refractivity contribution is 7.15. The highest BCUT2D eigenvalue weighted by atomic mass is 35.5. The molecule has 0 atom stereocenters. The third-order valence-electron chi connectivity index (χ3n) is 5.29. The number of halogens is 4. The smallest absolute Gasteiger partial charge is 0.290 e. The molecule has 0 radical (unpaired) electrons. The highest BCUT2D eigenvalue weighted by Gasteiger charge is 2.35. The van der Waals surface area contributed by atoms with E-state index < -0.39 is 11.7 Å². The Hall–Kier alpha value is -2.15. The van der Waals surface area contributed by atoms with Crippen molar-refractivity contribution in [1.82, 2.24) is 9.88 Å². The Kier molecular flexibility index (Phi) is 6.00. The van der Waals surface area contributed by atoms with E-state index in [0.29, 0.717) is 24.1 Å². The molecular weight excluding hydrogens is 429 g/mol. The minimum Gasteiger partial charge on any atom is -0.290 e. The van der Waals surface area contributed by atoms with Gasteiger partial charge in [-0.1, -0.05) is 65.7 Å². The lowest BCUT2D eigenvalue weighted by Gasteiger charge is -2.24. The normalized spacial score (nSPS) is 14.5. The van der Waals surface area contributed by atoms with Crippen molar-refractivity contribution in [2.24, 2.45) is 0 Å². The van der Waals surface area contributed by atoms with E-state index in [1.54, 1.807) is 12.3 Å². The molecule has 2 aromatic carbocycles. The molecule has 3 aromatic rings. The van der Waals surface area contributed by atoms with Gasteiger partial charge in [0.2, 0.25) is 0 Å². The average molecular weight is 449 g/mol. The van der Waals surface area contributed by atoms with Crippen molar-refractivity contribution < 1.29 is 13.2 Å². The van der Waals surface area contributed by atoms with E-state index in [1.807, 2.05) is 12.1 Å². The van der Waals surface area contributed by atoms with Crippen LogP contribution in [-0.2, 0) is 13.1 Å². The summed E-state index contributed by atoms with van der Waals surface area (Å²) in [5.41, 5.74) is 2.62. The van der Waals surface area contributed by atoms with Crippen LogP contribution in [0.3, 0.4) is 0 Å². The highest BCUT2D eigenvalue weighted by Crippen LogP contribution is 2.35. The van der Waals surface area contributed by atoms with Gasteiger partial charge in [-0.05, 0) is 35.2 Å². The van der Waals surface area contributed by atoms with Crippen molar-refractivity contribution in [2.75, 3.05) is 6.54 Å². The molecule has 0 N–H and O–H groups in total. The quantitative estimate of drug-likeness (QED) is 0.400. The van der Waals surface area contributed by atoms with E-state index in [9.17, 15) is 13.2 Å². The molecule has 2 nitrogen and oxygen atoms in total. The molecular formula is C23H20ClF3N2S. The van der Waals surface area contributed by atoms with E-state index in [1.165, 1.54) is 28.4 Å². The number of nitrogens with zero attached hydrogens (tertiary/aromatic N) is 2. The Morgan fingerprint density at radius 2 is 1.87 bits per heavy atom. The predicted molar refractivity (Wildman–Crippen MR) is 117 cm³/mol. The summed E-state index contributed by atoms with van der Waals surface area (Å²) in [6.07, 6.45) is 0.197. The van der Waals surface area contributed by atoms with Crippen LogP contribution in [0.1, 0.15) is 22.4 Å². The first kappa shape index (κ1) is 21.1. The molecule has 4 rings (SSSR count). The number of aromatic nitrogens is 1. The molecule has 0 fully saturated rings. The van der Waals surface area contributed by atoms with Crippen molar-refractivity contribution in [1.29, 1.82) is 0 Å². The summed E-state index contributed by atoms with van der Waals surface area (Å²) in [6.45, 7) is 3.73. The number of fused-ring (bicyclic) bond motifs is 1. The van der Waals surface area contributed by atoms with Crippen molar-refractivity contribution in [2.45, 2.75) is 32.6 Å². The standard InChI is InChI=1S/C23H20ClF3N2S/c1-15-6-8-17-4-2-3-5-20(17)21(15)14-29(13-19-11-28-22(24)30-19)12-16-7-9-18(10-16)23(25,26)27/h2-9,11H,10,12-14H2,1H3. The van der Waals surface area contributed by atoms with Gasteiger partial charge in [0.15, 0.2) is 4.47 Å². The summed E-state index contributed by atoms with van der Waals surface area (Å²) >= 11 is 7.39. The fourth-order valence-corrected chi connectivity index (χ4v) is 4.82. The van der Waals surface area contributed by atoms with Gasteiger partial charge in [-0.15, -0.1) is 11.3 Å². The third kappa shape index (κ3) is 4.77. The van der Waals surface area contributed by atoms with E-state index in [-0.39, 0.29) is 6.42 Å². The van der Waals surface area contributed by atoms with Crippen molar-refractivity contribution in [3.63, 3.8) is 0 Å². The van der Waals surface area contributed by atoms with Gasteiger partial charge in [-0.25, -0.2) is 4.98 Å². The van der Waals surface area contributed by atoms with Crippen LogP contribution in [0.2, 0.25) is 4.47 Å². The number of alkyl halides is 3. The van der Waals surface area contributed by atoms with Crippen LogP contribution in [0.15, 0.2) is 65.9 Å². The van der Waals surface area contributed by atoms with Gasteiger partial charge in [-0.3, -0.25) is 4.90 Å². The van der Waals surface area contributed by atoms with E-state index >= 15 is 0 Å². The summed E-state index contributed by atoms with van der Waals surface area (Å²) < 4.78 is 39.6. The maximum Gasteiger partial charge on any atom is 0.413 e. The van der Waals surface area contributed by atoms with Crippen LogP contribution in [0.5, 0.6) is 0 Å². The lowest BCUT2D eigenvalue weighted by Crippen LogP contribution is -2.25. The van der Waals surface area contributed by atoms with Crippen LogP contribution in [-0.4, -0.2) is 22.6 Å². The van der Waals surface area contributed by atoms with E-state index in [0.717, 1.165) is 21.4 Å². The molecule has 30 heavy (non-hydrogen) atoms. The number of aryl methyl sites for hydroxylation is 1. The summed E-state index contributed by atoms with van der Waals surface area (Å²) in [7, 11) is 0. The molecule has 0 bridgehead atoms. The Morgan fingerprint density at radius 1 is 1.07 bits per heavy atom. The molecule has 1 aromatic heterocycles. The molecule has 0 spiro atoms. The van der Waals surface area contributed by atoms with Gasteiger partial charge < -0.3 is 0 Å². The van der Waals surface area contributed by atoms with E-state index in [2.05, 4.69) is 41.1 Å². The monoisotopic (exact) mass is 448 g/mol. The predicted octanol–water partition coefficient (Wildman–Crippen LogP) is 7.08. The number of thiazole rings is 1. The largest absolute Gasteiger partial charge is 0.413 e. The molecule has 0 aliphatic heterocycles. The minimum atomic E-state index is -4.28. The number of hydrogen-bond donors (Lipinski definition) is 0. The first-order valence-electron chi connectivity index (χ1n) is 9.55. The fourth-order valence-electron chi connectivity index (χ4n) is 3.79. The van der Waals surface area contributed by atoms with E-state index in [4.69, 9.17) is 11.6 Å². The summed E-state index contributed by atoms with van der Waals surface area (Å²) in [5, 5.41) is 2.32. The van der Waals surface area contributed by atoms with Crippen LogP contribution < -0.4 is 0 Å². The second-order valence-corrected chi connectivity index (χ2v) is 9.20. The fraction of sp³-hybridized carbons (Fsp3) is 0.261. The lowest BCUT2D eigenvalue weighted by molar-refractivity contribution is -0.0928. The van der Waals surface area contributed by atoms with Crippen molar-refractivity contribution in [3.8, 4) is 0 Å². The Morgan fingerprint density at radius 3 is 2.57 bits per heavy atom. The van der Waals surface area contributed by atoms with Crippen molar-refractivity contribution >= 4 is 33.7 Å². The molecule has 1 aliphatic carbocycles. The lowest BCUT2D eigenvalue weighted by atomic mass is 9.99. The van der Waals surface area contributed by atoms with Crippen LogP contribution in [0, 0.1) is 6.92 Å². The summed E-state index contributed by atoms with van der Waals surface area (Å²) in [4.78, 5) is 7.25. The van der Waals surface area contributed by atoms with Gasteiger partial charge in [0.05, 0.1) is 0 Å². The third-order valence-corrected chi connectivity index (χ3v) is 6.39. The second-order valence-electron chi connectivity index (χ2n) is 7.50. The molecule has 0 amide bonds. The summed E-state index contributed by atoms with van der Waals surface area (Å²) in [5.74, 6) is 0. The van der Waals surface area contributed by atoms with Crippen LogP contribution in [0.4, 0.5) is 13.2 Å². The second kappa shape index (κ2) is 8.53. The van der Waals surface area contributed by atoms with Crippen LogP contribution >= 0.6 is 22.9 Å². The maximum atomic E-state index is 13.1. The number of benzene rings is 2. The molecule has 0 saturated heterocycles. The molecule has 1 heterocycles. The topological polar surface area (TPSA) is 16.1 Å². The Bertz CT molecular complexity index is 1130. The molecule has 7 heteroatoms. The number of hydrogen-bond acceptors (Lipinski definition) is 3. The molecule has 156 valence electrons. The summed E-state index contributed by atoms with van der Waals surface area (Å²) in [6, 6.07) is 12.4. The number of allylic oxidation sites excluding steroid dienone is 3. The zero-order valence-electron chi connectivity index (χ0n) is 16.3. The average Bonchev–Trinajstić information content (AvgIpc) is 3.33. The Labute approximate surface area is 182 Å². The maximum absolute atomic E-state index is 13.1. The molecule has 1 aliphatic rings. The zero-order valence-corrected chi connectivity index (χ0v) is 17.9. The van der Waals surface area contributed by atoms with Crippen molar-refractivity contribution in [3.05, 3.63) is 86.4 Å². The van der Waals surface area contributed by atoms with Crippen LogP contribution in [0.25, 0.3) is 10.8 Å². The zero-order chi connectivity index (χ0) is 21.3. The minimum absolute atomic E-state index is 0.0576. The Balaban J connectivity index is 1.60. The van der Waals surface area contributed by atoms with Gasteiger partial charge >= 0.3 is 6.18 Å². The van der Waals surface area contributed by atoms with Gasteiger partial charge in [0.25, 0.3) is 0 Å². The first-order chi connectivity index (χ1) is 14.3. The van der Waals surface area contributed by atoms with Gasteiger partial charge in [0.1, 0.15) is 0 Å². The SMILES string of the molecule is Cc1ccc2ccccc2c1CN(CC1=CC=C(C(F)(F)F)C1)Cc1cnc(Cl)s1. The van der Waals surface area contributed by atoms with Gasteiger partial charge in [-0.2, -0.15) is 13.2 Å². The van der Waals surface area contributed by atoms with Gasteiger partial charge in [0, 0.05) is 36.3 Å². The number of rotatable bonds is 6.